The summed E-state index contributed by atoms with van der Waals surface area (Å²) in [7, 11) is -3.09. The Morgan fingerprint density at radius 1 is 1.00 bits per heavy atom. The number of nitrogens with zero attached hydrogens (tertiary/aromatic N) is 2. The third-order valence-electron chi connectivity index (χ3n) is 4.29. The van der Waals surface area contributed by atoms with Crippen LogP contribution < -0.4 is 15.4 Å². The molecule has 148 valence electrons. The molecule has 8 heteroatoms. The average molecular weight is 376 g/mol. The normalized spacial score (nSPS) is 17.3. The maximum Gasteiger partial charge on any atom is 0.211 e. The molecule has 1 aliphatic heterocycles. The zero-order valence-corrected chi connectivity index (χ0v) is 16.8. The number of hydrogen-bond acceptors (Lipinski definition) is 4. The molecule has 0 spiro atoms. The Labute approximate surface area is 154 Å². The number of sulfonamides is 1. The molecule has 0 aromatic heterocycles. The maximum atomic E-state index is 11.4. The Hall–Kier alpha value is -0.860. The predicted molar refractivity (Wildman–Crippen MR) is 106 cm³/mol. The highest BCUT2D eigenvalue weighted by Gasteiger charge is 2.08. The fourth-order valence-electron chi connectivity index (χ4n) is 2.81. The topological polar surface area (TPSA) is 85.8 Å². The van der Waals surface area contributed by atoms with Crippen LogP contribution >= 0.6 is 0 Å². The van der Waals surface area contributed by atoms with Crippen molar-refractivity contribution in [2.24, 2.45) is 4.99 Å². The molecule has 0 saturated carbocycles. The largest absolute Gasteiger partial charge is 0.357 e. The molecular weight excluding hydrogens is 338 g/mol. The second kappa shape index (κ2) is 13.4. The van der Waals surface area contributed by atoms with Gasteiger partial charge in [-0.25, -0.2) is 13.1 Å². The number of guanidine groups is 1. The van der Waals surface area contributed by atoms with Crippen LogP contribution in [0.2, 0.25) is 0 Å². The van der Waals surface area contributed by atoms with Gasteiger partial charge in [0.15, 0.2) is 5.96 Å². The van der Waals surface area contributed by atoms with E-state index >= 15 is 0 Å². The summed E-state index contributed by atoms with van der Waals surface area (Å²) < 4.78 is 25.3. The molecule has 0 unspecified atom stereocenters. The van der Waals surface area contributed by atoms with Gasteiger partial charge in [-0.15, -0.1) is 0 Å². The molecule has 0 aromatic rings. The molecule has 1 rings (SSSR count). The van der Waals surface area contributed by atoms with Gasteiger partial charge in [0.05, 0.1) is 5.75 Å². The van der Waals surface area contributed by atoms with Crippen molar-refractivity contribution in [2.75, 3.05) is 51.6 Å². The Kier molecular flexibility index (Phi) is 11.9. The average Bonchev–Trinajstić information content (AvgIpc) is 2.87. The van der Waals surface area contributed by atoms with Crippen LogP contribution in [0.15, 0.2) is 4.99 Å². The second-order valence-electron chi connectivity index (χ2n) is 6.45. The van der Waals surface area contributed by atoms with E-state index in [0.29, 0.717) is 13.1 Å². The van der Waals surface area contributed by atoms with Crippen LogP contribution in [0.25, 0.3) is 0 Å². The van der Waals surface area contributed by atoms with Gasteiger partial charge in [0.1, 0.15) is 0 Å². The van der Waals surface area contributed by atoms with Crippen molar-refractivity contribution in [3.63, 3.8) is 0 Å². The first-order valence-corrected chi connectivity index (χ1v) is 11.4. The number of hydrogen-bond donors (Lipinski definition) is 3. The molecule has 0 aliphatic carbocycles. The lowest BCUT2D eigenvalue weighted by Gasteiger charge is -2.19. The Balaban J connectivity index is 2.19. The minimum Gasteiger partial charge on any atom is -0.357 e. The van der Waals surface area contributed by atoms with E-state index in [4.69, 9.17) is 0 Å². The van der Waals surface area contributed by atoms with Crippen LogP contribution in [-0.2, 0) is 10.0 Å². The maximum absolute atomic E-state index is 11.4. The third kappa shape index (κ3) is 11.4. The van der Waals surface area contributed by atoms with Crippen LogP contribution in [0, 0.1) is 0 Å². The van der Waals surface area contributed by atoms with Gasteiger partial charge in [-0.05, 0) is 59.2 Å². The first-order valence-electron chi connectivity index (χ1n) is 9.79. The Morgan fingerprint density at radius 3 is 2.36 bits per heavy atom. The summed E-state index contributed by atoms with van der Waals surface area (Å²) in [5.41, 5.74) is 0. The lowest BCUT2D eigenvalue weighted by Crippen LogP contribution is -2.39. The van der Waals surface area contributed by atoms with Crippen molar-refractivity contribution in [1.82, 2.24) is 20.3 Å². The summed E-state index contributed by atoms with van der Waals surface area (Å²) in [5.74, 6) is 0.943. The molecule has 25 heavy (non-hydrogen) atoms. The summed E-state index contributed by atoms with van der Waals surface area (Å²) in [6, 6.07) is 0. The number of aliphatic imine (C=N–C) groups is 1. The van der Waals surface area contributed by atoms with E-state index in [1.165, 1.54) is 38.8 Å². The van der Waals surface area contributed by atoms with Crippen LogP contribution in [-0.4, -0.2) is 70.8 Å². The highest BCUT2D eigenvalue weighted by atomic mass is 32.2. The standard InChI is InChI=1S/C17H37N5O2S/c1-3-18-17(19-11-9-13-21-25(23,24)4-2)20-12-10-16-22-14-7-5-6-8-15-22/h21H,3-16H2,1-2H3,(H2,18,19,20). The van der Waals surface area contributed by atoms with Crippen molar-refractivity contribution < 1.29 is 8.42 Å². The van der Waals surface area contributed by atoms with E-state index in [-0.39, 0.29) is 5.75 Å². The smallest absolute Gasteiger partial charge is 0.211 e. The summed E-state index contributed by atoms with van der Waals surface area (Å²) in [6.07, 6.45) is 7.21. The Bertz CT molecular complexity index is 460. The Morgan fingerprint density at radius 2 is 1.72 bits per heavy atom. The first-order chi connectivity index (χ1) is 12.1. The summed E-state index contributed by atoms with van der Waals surface area (Å²) >= 11 is 0. The van der Waals surface area contributed by atoms with E-state index < -0.39 is 10.0 Å². The molecular formula is C17H37N5O2S. The van der Waals surface area contributed by atoms with Crippen molar-refractivity contribution >= 4 is 16.0 Å². The summed E-state index contributed by atoms with van der Waals surface area (Å²) in [4.78, 5) is 7.17. The number of nitrogens with one attached hydrogen (secondary N) is 3. The zero-order chi connectivity index (χ0) is 18.4. The summed E-state index contributed by atoms with van der Waals surface area (Å²) in [6.45, 7) is 10.1. The van der Waals surface area contributed by atoms with Crippen molar-refractivity contribution in [3.05, 3.63) is 0 Å². The molecule has 1 aliphatic rings. The van der Waals surface area contributed by atoms with Gasteiger partial charge < -0.3 is 15.5 Å². The van der Waals surface area contributed by atoms with E-state index in [9.17, 15) is 8.42 Å². The molecule has 1 fully saturated rings. The number of likely N-dealkylation sites (tertiary alicyclic amines) is 1. The van der Waals surface area contributed by atoms with Crippen molar-refractivity contribution in [2.45, 2.75) is 52.4 Å². The van der Waals surface area contributed by atoms with Crippen molar-refractivity contribution in [1.29, 1.82) is 0 Å². The van der Waals surface area contributed by atoms with Crippen LogP contribution in [0.5, 0.6) is 0 Å². The van der Waals surface area contributed by atoms with Crippen LogP contribution in [0.4, 0.5) is 0 Å². The molecule has 1 heterocycles. The quantitative estimate of drug-likeness (QED) is 0.286. The third-order valence-corrected chi connectivity index (χ3v) is 5.70. The molecule has 0 radical (unpaired) electrons. The van der Waals surface area contributed by atoms with Gasteiger partial charge in [0.2, 0.25) is 10.0 Å². The van der Waals surface area contributed by atoms with Gasteiger partial charge >= 0.3 is 0 Å². The van der Waals surface area contributed by atoms with Crippen LogP contribution in [0.1, 0.15) is 52.4 Å². The highest BCUT2D eigenvalue weighted by Crippen LogP contribution is 2.09. The van der Waals surface area contributed by atoms with E-state index in [1.807, 2.05) is 6.92 Å². The summed E-state index contributed by atoms with van der Waals surface area (Å²) in [5, 5.41) is 6.50. The fourth-order valence-corrected chi connectivity index (χ4v) is 3.47. The molecule has 1 saturated heterocycles. The lowest BCUT2D eigenvalue weighted by molar-refractivity contribution is 0.283. The zero-order valence-electron chi connectivity index (χ0n) is 16.0. The van der Waals surface area contributed by atoms with Gasteiger partial charge in [-0.3, -0.25) is 4.99 Å². The van der Waals surface area contributed by atoms with Crippen LogP contribution in [0.3, 0.4) is 0 Å². The molecule has 7 nitrogen and oxygen atoms in total. The van der Waals surface area contributed by atoms with Gasteiger partial charge in [0.25, 0.3) is 0 Å². The second-order valence-corrected chi connectivity index (χ2v) is 8.54. The minimum atomic E-state index is -3.09. The van der Waals surface area contributed by atoms with Gasteiger partial charge in [-0.1, -0.05) is 12.8 Å². The molecule has 3 N–H and O–H groups in total. The monoisotopic (exact) mass is 375 g/mol. The van der Waals surface area contributed by atoms with Gasteiger partial charge in [0, 0.05) is 26.2 Å². The predicted octanol–water partition coefficient (Wildman–Crippen LogP) is 1.14. The van der Waals surface area contributed by atoms with E-state index in [1.54, 1.807) is 6.92 Å². The van der Waals surface area contributed by atoms with Crippen molar-refractivity contribution in [3.8, 4) is 0 Å². The van der Waals surface area contributed by atoms with E-state index in [0.717, 1.165) is 38.4 Å². The molecule has 0 aromatic carbocycles. The van der Waals surface area contributed by atoms with E-state index in [2.05, 4.69) is 25.2 Å². The number of rotatable bonds is 11. The molecule has 0 bridgehead atoms. The van der Waals surface area contributed by atoms with Gasteiger partial charge in [-0.2, -0.15) is 0 Å². The molecule has 0 amide bonds. The fraction of sp³-hybridized carbons (Fsp3) is 0.941. The SMILES string of the molecule is CCNC(=NCCCN1CCCCCC1)NCCCNS(=O)(=O)CC. The highest BCUT2D eigenvalue weighted by molar-refractivity contribution is 7.89. The first kappa shape index (κ1) is 22.2. The molecule has 0 atom stereocenters. The lowest BCUT2D eigenvalue weighted by atomic mass is 10.2. The minimum absolute atomic E-state index is 0.127.